The van der Waals surface area contributed by atoms with Gasteiger partial charge in [0, 0.05) is 19.3 Å². The first-order valence-electron chi connectivity index (χ1n) is 8.78. The zero-order chi connectivity index (χ0) is 20.5. The summed E-state index contributed by atoms with van der Waals surface area (Å²) in [7, 11) is 5.33. The minimum absolute atomic E-state index is 0.165. The van der Waals surface area contributed by atoms with E-state index in [0.29, 0.717) is 36.2 Å². The SMILES string of the molecule is COCCOc1ccc(NC(=O)NCC(c2cccc(F)c2)N(C)C)cc1Cl. The molecule has 0 radical (unpaired) electrons. The van der Waals surface area contributed by atoms with Gasteiger partial charge in [0.05, 0.1) is 17.7 Å². The van der Waals surface area contributed by atoms with Crippen molar-refractivity contribution < 1.29 is 18.7 Å². The van der Waals surface area contributed by atoms with Crippen molar-refractivity contribution in [2.24, 2.45) is 0 Å². The first-order valence-corrected chi connectivity index (χ1v) is 9.16. The fourth-order valence-electron chi connectivity index (χ4n) is 2.61. The molecule has 2 rings (SSSR count). The Kier molecular flexibility index (Phi) is 8.50. The number of rotatable bonds is 9. The molecule has 0 aliphatic heterocycles. The molecule has 0 fully saturated rings. The van der Waals surface area contributed by atoms with Gasteiger partial charge in [-0.25, -0.2) is 9.18 Å². The third-order valence-corrected chi connectivity index (χ3v) is 4.34. The molecule has 1 unspecified atom stereocenters. The van der Waals surface area contributed by atoms with Crippen molar-refractivity contribution in [3.05, 3.63) is 58.9 Å². The van der Waals surface area contributed by atoms with Crippen molar-refractivity contribution >= 4 is 23.3 Å². The number of benzene rings is 2. The number of ether oxygens (including phenoxy) is 2. The number of hydrogen-bond donors (Lipinski definition) is 2. The lowest BCUT2D eigenvalue weighted by molar-refractivity contribution is 0.146. The molecule has 2 aromatic rings. The molecule has 1 atom stereocenters. The molecule has 2 N–H and O–H groups in total. The van der Waals surface area contributed by atoms with Crippen LogP contribution >= 0.6 is 11.6 Å². The molecule has 0 spiro atoms. The quantitative estimate of drug-likeness (QED) is 0.616. The molecule has 0 aliphatic carbocycles. The molecule has 0 aliphatic rings. The number of amides is 2. The van der Waals surface area contributed by atoms with Gasteiger partial charge in [0.15, 0.2) is 0 Å². The maximum Gasteiger partial charge on any atom is 0.319 e. The largest absolute Gasteiger partial charge is 0.490 e. The lowest BCUT2D eigenvalue weighted by Gasteiger charge is -2.25. The third-order valence-electron chi connectivity index (χ3n) is 4.05. The van der Waals surface area contributed by atoms with E-state index in [1.807, 2.05) is 25.1 Å². The molecule has 0 saturated heterocycles. The summed E-state index contributed by atoms with van der Waals surface area (Å²) in [6.45, 7) is 1.15. The first-order chi connectivity index (χ1) is 13.4. The summed E-state index contributed by atoms with van der Waals surface area (Å²) < 4.78 is 23.9. The van der Waals surface area contributed by atoms with E-state index >= 15 is 0 Å². The molecule has 0 heterocycles. The zero-order valence-corrected chi connectivity index (χ0v) is 16.9. The lowest BCUT2D eigenvalue weighted by atomic mass is 10.1. The minimum atomic E-state index is -0.382. The van der Waals surface area contributed by atoms with Crippen LogP contribution in [0.15, 0.2) is 42.5 Å². The molecule has 28 heavy (non-hydrogen) atoms. The molecule has 6 nitrogen and oxygen atoms in total. The van der Waals surface area contributed by atoms with Crippen molar-refractivity contribution in [1.29, 1.82) is 0 Å². The minimum Gasteiger partial charge on any atom is -0.490 e. The van der Waals surface area contributed by atoms with Crippen LogP contribution in [0.4, 0.5) is 14.9 Å². The Morgan fingerprint density at radius 2 is 2.00 bits per heavy atom. The van der Waals surface area contributed by atoms with Gasteiger partial charge < -0.3 is 25.0 Å². The highest BCUT2D eigenvalue weighted by Crippen LogP contribution is 2.27. The summed E-state index contributed by atoms with van der Waals surface area (Å²) in [5.41, 5.74) is 1.32. The second-order valence-corrected chi connectivity index (χ2v) is 6.76. The summed E-state index contributed by atoms with van der Waals surface area (Å²) >= 11 is 6.18. The zero-order valence-electron chi connectivity index (χ0n) is 16.2. The second-order valence-electron chi connectivity index (χ2n) is 6.36. The van der Waals surface area contributed by atoms with Crippen LogP contribution in [0.1, 0.15) is 11.6 Å². The van der Waals surface area contributed by atoms with Gasteiger partial charge in [-0.2, -0.15) is 0 Å². The maximum atomic E-state index is 13.5. The van der Waals surface area contributed by atoms with E-state index in [4.69, 9.17) is 21.1 Å². The fourth-order valence-corrected chi connectivity index (χ4v) is 2.84. The Balaban J connectivity index is 1.93. The van der Waals surface area contributed by atoms with Gasteiger partial charge in [0.2, 0.25) is 0 Å². The Morgan fingerprint density at radius 1 is 1.21 bits per heavy atom. The Labute approximate surface area is 169 Å². The standard InChI is InChI=1S/C20H25ClFN3O3/c1-25(2)18(14-5-4-6-15(22)11-14)13-23-20(26)24-16-7-8-19(17(21)12-16)28-10-9-27-3/h4-8,11-12,18H,9-10,13H2,1-3H3,(H2,23,24,26). The van der Waals surface area contributed by atoms with Crippen LogP contribution in [0.25, 0.3) is 0 Å². The molecule has 0 aromatic heterocycles. The van der Waals surface area contributed by atoms with E-state index < -0.39 is 0 Å². The normalized spacial score (nSPS) is 11.9. The number of nitrogens with one attached hydrogen (secondary N) is 2. The molecular weight excluding hydrogens is 385 g/mol. The summed E-state index contributed by atoms with van der Waals surface area (Å²) in [6.07, 6.45) is 0. The van der Waals surface area contributed by atoms with Crippen LogP contribution in [0.5, 0.6) is 5.75 Å². The number of hydrogen-bond acceptors (Lipinski definition) is 4. The summed E-state index contributed by atoms with van der Waals surface area (Å²) in [4.78, 5) is 14.2. The van der Waals surface area contributed by atoms with Crippen LogP contribution < -0.4 is 15.4 Å². The average Bonchev–Trinajstić information content (AvgIpc) is 2.63. The number of urea groups is 1. The number of anilines is 1. The topological polar surface area (TPSA) is 62.8 Å². The highest BCUT2D eigenvalue weighted by molar-refractivity contribution is 6.32. The van der Waals surface area contributed by atoms with Crippen molar-refractivity contribution in [3.63, 3.8) is 0 Å². The van der Waals surface area contributed by atoms with Crippen LogP contribution in [0, 0.1) is 5.82 Å². The van der Waals surface area contributed by atoms with Gasteiger partial charge in [-0.1, -0.05) is 23.7 Å². The Morgan fingerprint density at radius 3 is 2.64 bits per heavy atom. The van der Waals surface area contributed by atoms with Crippen LogP contribution in [-0.4, -0.2) is 51.9 Å². The van der Waals surface area contributed by atoms with E-state index in [-0.39, 0.29) is 17.9 Å². The van der Waals surface area contributed by atoms with Gasteiger partial charge in [-0.3, -0.25) is 0 Å². The van der Waals surface area contributed by atoms with Gasteiger partial charge in [-0.05, 0) is 50.0 Å². The first kappa shape index (κ1) is 21.9. The second kappa shape index (κ2) is 10.8. The van der Waals surface area contributed by atoms with Crippen LogP contribution in [0.2, 0.25) is 5.02 Å². The predicted molar refractivity (Wildman–Crippen MR) is 109 cm³/mol. The number of carbonyl (C=O) groups excluding carboxylic acids is 1. The highest BCUT2D eigenvalue weighted by Gasteiger charge is 2.16. The van der Waals surface area contributed by atoms with Gasteiger partial charge in [0.1, 0.15) is 18.2 Å². The van der Waals surface area contributed by atoms with Crippen LogP contribution in [0.3, 0.4) is 0 Å². The molecule has 2 amide bonds. The van der Waals surface area contributed by atoms with Crippen molar-refractivity contribution in [2.75, 3.05) is 46.3 Å². The molecule has 0 saturated carbocycles. The molecule has 2 aromatic carbocycles. The predicted octanol–water partition coefficient (Wildman–Crippen LogP) is 3.93. The van der Waals surface area contributed by atoms with E-state index in [1.54, 1.807) is 31.4 Å². The number of methoxy groups -OCH3 is 1. The average molecular weight is 410 g/mol. The van der Waals surface area contributed by atoms with Gasteiger partial charge >= 0.3 is 6.03 Å². The number of halogens is 2. The number of likely N-dealkylation sites (N-methyl/N-ethyl adjacent to an activating group) is 1. The number of nitrogens with zero attached hydrogens (tertiary/aromatic N) is 1. The molecular formula is C20H25ClFN3O3. The molecule has 0 bridgehead atoms. The van der Waals surface area contributed by atoms with E-state index in [2.05, 4.69) is 10.6 Å². The summed E-state index contributed by atoms with van der Waals surface area (Å²) in [5.74, 6) is 0.208. The summed E-state index contributed by atoms with van der Waals surface area (Å²) in [5, 5.41) is 5.92. The third kappa shape index (κ3) is 6.67. The smallest absolute Gasteiger partial charge is 0.319 e. The monoisotopic (exact) mass is 409 g/mol. The van der Waals surface area contributed by atoms with Crippen molar-refractivity contribution in [1.82, 2.24) is 10.2 Å². The van der Waals surface area contributed by atoms with Gasteiger partial charge in [-0.15, -0.1) is 0 Å². The Hall–Kier alpha value is -2.35. The maximum absolute atomic E-state index is 13.5. The molecule has 152 valence electrons. The number of carbonyl (C=O) groups is 1. The summed E-state index contributed by atoms with van der Waals surface area (Å²) in [6, 6.07) is 10.8. The fraction of sp³-hybridized carbons (Fsp3) is 0.350. The Bertz CT molecular complexity index is 789. The van der Waals surface area contributed by atoms with E-state index in [0.717, 1.165) is 5.56 Å². The highest BCUT2D eigenvalue weighted by atomic mass is 35.5. The van der Waals surface area contributed by atoms with Crippen molar-refractivity contribution in [3.8, 4) is 5.75 Å². The van der Waals surface area contributed by atoms with Gasteiger partial charge in [0.25, 0.3) is 0 Å². The van der Waals surface area contributed by atoms with E-state index in [9.17, 15) is 9.18 Å². The van der Waals surface area contributed by atoms with Crippen LogP contribution in [-0.2, 0) is 4.74 Å². The van der Waals surface area contributed by atoms with Crippen molar-refractivity contribution in [2.45, 2.75) is 6.04 Å². The lowest BCUT2D eigenvalue weighted by Crippen LogP contribution is -2.36. The molecule has 8 heteroatoms. The van der Waals surface area contributed by atoms with E-state index in [1.165, 1.54) is 12.1 Å².